The summed E-state index contributed by atoms with van der Waals surface area (Å²) in [5.74, 6) is 0.970. The molecule has 2 heterocycles. The summed E-state index contributed by atoms with van der Waals surface area (Å²) in [6, 6.07) is 4.47. The maximum atomic E-state index is 12.1. The minimum atomic E-state index is -0.0226. The van der Waals surface area contributed by atoms with Crippen molar-refractivity contribution in [2.24, 2.45) is 0 Å². The van der Waals surface area contributed by atoms with Crippen LogP contribution in [0.1, 0.15) is 49.9 Å². The topological polar surface area (TPSA) is 45.2 Å². The number of aromatic nitrogens is 1. The lowest BCUT2D eigenvalue weighted by molar-refractivity contribution is 0.0933. The van der Waals surface area contributed by atoms with E-state index in [1.54, 1.807) is 18.0 Å². The molecule has 0 aromatic carbocycles. The van der Waals surface area contributed by atoms with Crippen LogP contribution in [-0.2, 0) is 0 Å². The van der Waals surface area contributed by atoms with Gasteiger partial charge in [-0.3, -0.25) is 9.69 Å². The molecule has 1 unspecified atom stereocenters. The Kier molecular flexibility index (Phi) is 7.19. The van der Waals surface area contributed by atoms with Crippen molar-refractivity contribution >= 4 is 17.7 Å². The standard InChI is InChI=1S/C17H27N3OS/c1-3-15-7-5-6-11-20(15)12-10-18-17(21)14-8-9-16(19-13-14)22-4-2/h8-9,13,15H,3-7,10-12H2,1-2H3,(H,18,21). The normalized spacial score (nSPS) is 19.1. The van der Waals surface area contributed by atoms with Crippen molar-refractivity contribution in [2.45, 2.75) is 50.6 Å². The van der Waals surface area contributed by atoms with E-state index in [4.69, 9.17) is 0 Å². The van der Waals surface area contributed by atoms with Gasteiger partial charge in [0, 0.05) is 25.3 Å². The summed E-state index contributed by atoms with van der Waals surface area (Å²) >= 11 is 1.69. The fraction of sp³-hybridized carbons (Fsp3) is 0.647. The highest BCUT2D eigenvalue weighted by Gasteiger charge is 2.20. The number of amides is 1. The first-order valence-electron chi connectivity index (χ1n) is 8.35. The van der Waals surface area contributed by atoms with Gasteiger partial charge in [0.25, 0.3) is 5.91 Å². The van der Waals surface area contributed by atoms with Gasteiger partial charge < -0.3 is 5.32 Å². The molecule has 4 nitrogen and oxygen atoms in total. The van der Waals surface area contributed by atoms with Gasteiger partial charge in [-0.1, -0.05) is 20.3 Å². The Morgan fingerprint density at radius 2 is 2.27 bits per heavy atom. The largest absolute Gasteiger partial charge is 0.351 e. The van der Waals surface area contributed by atoms with Crippen LogP contribution in [0.15, 0.2) is 23.4 Å². The Balaban J connectivity index is 1.77. The first-order valence-corrected chi connectivity index (χ1v) is 9.34. The number of rotatable bonds is 7. The summed E-state index contributed by atoms with van der Waals surface area (Å²) in [5, 5.41) is 3.99. The average Bonchev–Trinajstić information content (AvgIpc) is 2.56. The van der Waals surface area contributed by atoms with Crippen molar-refractivity contribution in [1.82, 2.24) is 15.2 Å². The van der Waals surface area contributed by atoms with Gasteiger partial charge in [-0.05, 0) is 43.7 Å². The van der Waals surface area contributed by atoms with Crippen LogP contribution >= 0.6 is 11.8 Å². The molecule has 1 aromatic heterocycles. The van der Waals surface area contributed by atoms with Crippen molar-refractivity contribution in [2.75, 3.05) is 25.4 Å². The monoisotopic (exact) mass is 321 g/mol. The van der Waals surface area contributed by atoms with E-state index in [2.05, 4.69) is 29.0 Å². The molecular formula is C17H27N3OS. The molecular weight excluding hydrogens is 294 g/mol. The lowest BCUT2D eigenvalue weighted by Crippen LogP contribution is -2.43. The fourth-order valence-corrected chi connectivity index (χ4v) is 3.57. The summed E-state index contributed by atoms with van der Waals surface area (Å²) in [4.78, 5) is 19.0. The van der Waals surface area contributed by atoms with Gasteiger partial charge in [-0.2, -0.15) is 0 Å². The molecule has 1 atom stereocenters. The highest BCUT2D eigenvalue weighted by atomic mass is 32.2. The van der Waals surface area contributed by atoms with Crippen LogP contribution in [0.3, 0.4) is 0 Å². The number of piperidine rings is 1. The van der Waals surface area contributed by atoms with Crippen LogP contribution in [0.4, 0.5) is 0 Å². The van der Waals surface area contributed by atoms with Crippen LogP contribution in [0, 0.1) is 0 Å². The Morgan fingerprint density at radius 1 is 1.41 bits per heavy atom. The average molecular weight is 321 g/mol. The molecule has 5 heteroatoms. The molecule has 122 valence electrons. The summed E-state index contributed by atoms with van der Waals surface area (Å²) in [5.41, 5.74) is 0.645. The number of nitrogens with zero attached hydrogens (tertiary/aromatic N) is 2. The highest BCUT2D eigenvalue weighted by molar-refractivity contribution is 7.99. The zero-order chi connectivity index (χ0) is 15.8. The fourth-order valence-electron chi connectivity index (χ4n) is 2.98. The molecule has 0 saturated carbocycles. The van der Waals surface area contributed by atoms with Gasteiger partial charge in [0.1, 0.15) is 0 Å². The number of carbonyl (C=O) groups is 1. The van der Waals surface area contributed by atoms with E-state index in [9.17, 15) is 4.79 Å². The van der Waals surface area contributed by atoms with Gasteiger partial charge in [-0.25, -0.2) is 4.98 Å². The van der Waals surface area contributed by atoms with E-state index in [1.807, 2.05) is 12.1 Å². The molecule has 2 rings (SSSR count). The van der Waals surface area contributed by atoms with E-state index < -0.39 is 0 Å². The molecule has 1 N–H and O–H groups in total. The van der Waals surface area contributed by atoms with Gasteiger partial charge in [0.2, 0.25) is 0 Å². The van der Waals surface area contributed by atoms with Crippen molar-refractivity contribution in [3.05, 3.63) is 23.9 Å². The third kappa shape index (κ3) is 4.99. The predicted octanol–water partition coefficient (Wildman–Crippen LogP) is 3.19. The van der Waals surface area contributed by atoms with Gasteiger partial charge in [0.15, 0.2) is 0 Å². The number of likely N-dealkylation sites (tertiary alicyclic amines) is 1. The molecule has 1 aliphatic heterocycles. The molecule has 0 aliphatic carbocycles. The SMILES string of the molecule is CCSc1ccc(C(=O)NCCN2CCCCC2CC)cn1. The number of thioether (sulfide) groups is 1. The smallest absolute Gasteiger partial charge is 0.252 e. The number of hydrogen-bond donors (Lipinski definition) is 1. The Morgan fingerprint density at radius 3 is 2.95 bits per heavy atom. The van der Waals surface area contributed by atoms with Gasteiger partial charge in [0.05, 0.1) is 10.6 Å². The van der Waals surface area contributed by atoms with E-state index >= 15 is 0 Å². The van der Waals surface area contributed by atoms with Crippen molar-refractivity contribution in [3.63, 3.8) is 0 Å². The van der Waals surface area contributed by atoms with Crippen molar-refractivity contribution in [3.8, 4) is 0 Å². The highest BCUT2D eigenvalue weighted by Crippen LogP contribution is 2.18. The zero-order valence-electron chi connectivity index (χ0n) is 13.7. The number of pyridine rings is 1. The summed E-state index contributed by atoms with van der Waals surface area (Å²) in [6.45, 7) is 7.17. The van der Waals surface area contributed by atoms with E-state index in [0.29, 0.717) is 18.2 Å². The van der Waals surface area contributed by atoms with E-state index in [-0.39, 0.29) is 5.91 Å². The molecule has 22 heavy (non-hydrogen) atoms. The first kappa shape index (κ1) is 17.3. The minimum absolute atomic E-state index is 0.0226. The molecule has 1 fully saturated rings. The van der Waals surface area contributed by atoms with Crippen LogP contribution in [0.25, 0.3) is 0 Å². The third-order valence-electron chi connectivity index (χ3n) is 4.20. The Bertz CT molecular complexity index is 463. The molecule has 1 aromatic rings. The summed E-state index contributed by atoms with van der Waals surface area (Å²) < 4.78 is 0. The molecule has 0 bridgehead atoms. The van der Waals surface area contributed by atoms with E-state index in [0.717, 1.165) is 17.3 Å². The second-order valence-corrected chi connectivity index (χ2v) is 6.95. The summed E-state index contributed by atoms with van der Waals surface area (Å²) in [7, 11) is 0. The number of nitrogens with one attached hydrogen (secondary N) is 1. The van der Waals surface area contributed by atoms with E-state index in [1.165, 1.54) is 32.2 Å². The van der Waals surface area contributed by atoms with Crippen LogP contribution < -0.4 is 5.32 Å². The predicted molar refractivity (Wildman–Crippen MR) is 92.5 cm³/mol. The first-order chi connectivity index (χ1) is 10.7. The molecule has 0 radical (unpaired) electrons. The van der Waals surface area contributed by atoms with Crippen LogP contribution in [-0.4, -0.2) is 47.2 Å². The second kappa shape index (κ2) is 9.16. The van der Waals surface area contributed by atoms with Crippen molar-refractivity contribution in [1.29, 1.82) is 0 Å². The maximum absolute atomic E-state index is 12.1. The van der Waals surface area contributed by atoms with Gasteiger partial charge in [-0.15, -0.1) is 11.8 Å². The van der Waals surface area contributed by atoms with Crippen LogP contribution in [0.5, 0.6) is 0 Å². The van der Waals surface area contributed by atoms with Gasteiger partial charge >= 0.3 is 0 Å². The maximum Gasteiger partial charge on any atom is 0.252 e. The second-order valence-electron chi connectivity index (χ2n) is 5.67. The number of carbonyl (C=O) groups excluding carboxylic acids is 1. The zero-order valence-corrected chi connectivity index (χ0v) is 14.5. The van der Waals surface area contributed by atoms with Crippen molar-refractivity contribution < 1.29 is 4.79 Å². The molecule has 0 spiro atoms. The summed E-state index contributed by atoms with van der Waals surface area (Å²) in [6.07, 6.45) is 6.79. The molecule has 1 amide bonds. The number of hydrogen-bond acceptors (Lipinski definition) is 4. The lowest BCUT2D eigenvalue weighted by Gasteiger charge is -2.35. The Labute approximate surface area is 138 Å². The molecule has 1 aliphatic rings. The lowest BCUT2D eigenvalue weighted by atomic mass is 10.0. The quantitative estimate of drug-likeness (QED) is 0.784. The van der Waals surface area contributed by atoms with Crippen LogP contribution in [0.2, 0.25) is 0 Å². The molecule has 1 saturated heterocycles. The Hall–Kier alpha value is -1.07. The minimum Gasteiger partial charge on any atom is -0.351 e. The third-order valence-corrected chi connectivity index (χ3v) is 5.02.